The van der Waals surface area contributed by atoms with Crippen LogP contribution in [-0.2, 0) is 0 Å². The summed E-state index contributed by atoms with van der Waals surface area (Å²) in [6.45, 7) is 5.39. The van der Waals surface area contributed by atoms with E-state index in [2.05, 4.69) is 41.3 Å². The van der Waals surface area contributed by atoms with E-state index in [0.29, 0.717) is 6.04 Å². The summed E-state index contributed by atoms with van der Waals surface area (Å²) in [4.78, 5) is 8.58. The maximum Gasteiger partial charge on any atom is 0.0992 e. The van der Waals surface area contributed by atoms with Crippen LogP contribution in [0.4, 0.5) is 0 Å². The molecule has 0 aliphatic heterocycles. The Morgan fingerprint density at radius 3 is 2.78 bits per heavy atom. The smallest absolute Gasteiger partial charge is 0.0992 e. The summed E-state index contributed by atoms with van der Waals surface area (Å²) < 4.78 is 1.96. The second-order valence-electron chi connectivity index (χ2n) is 4.33. The zero-order valence-electron chi connectivity index (χ0n) is 11.0. The first-order valence-electron chi connectivity index (χ1n) is 6.52. The van der Waals surface area contributed by atoms with Crippen molar-refractivity contribution in [1.82, 2.24) is 19.9 Å². The van der Waals surface area contributed by atoms with Gasteiger partial charge in [-0.05, 0) is 31.5 Å². The number of rotatable bonds is 6. The van der Waals surface area contributed by atoms with Crippen molar-refractivity contribution in [2.45, 2.75) is 32.7 Å². The number of hydrogen-bond donors (Lipinski definition) is 1. The van der Waals surface area contributed by atoms with Crippen molar-refractivity contribution in [3.05, 3.63) is 42.7 Å². The molecular formula is C14H20N4. The van der Waals surface area contributed by atoms with E-state index in [-0.39, 0.29) is 0 Å². The van der Waals surface area contributed by atoms with E-state index < -0.39 is 0 Å². The number of hydrogen-bond acceptors (Lipinski definition) is 3. The fourth-order valence-corrected chi connectivity index (χ4v) is 1.94. The first-order valence-corrected chi connectivity index (χ1v) is 6.52. The van der Waals surface area contributed by atoms with Gasteiger partial charge in [-0.15, -0.1) is 0 Å². The molecule has 18 heavy (non-hydrogen) atoms. The SMILES string of the molecule is CCCNC(CC)c1ccc(-n2ccnc2)cn1. The quantitative estimate of drug-likeness (QED) is 0.849. The van der Waals surface area contributed by atoms with Gasteiger partial charge in [0.1, 0.15) is 0 Å². The normalized spacial score (nSPS) is 12.6. The molecule has 0 aromatic carbocycles. The van der Waals surface area contributed by atoms with Gasteiger partial charge in [-0.3, -0.25) is 4.98 Å². The Labute approximate surface area is 108 Å². The minimum absolute atomic E-state index is 0.349. The van der Waals surface area contributed by atoms with E-state index in [4.69, 9.17) is 0 Å². The Hall–Kier alpha value is -1.68. The van der Waals surface area contributed by atoms with Crippen molar-refractivity contribution in [3.63, 3.8) is 0 Å². The van der Waals surface area contributed by atoms with Gasteiger partial charge >= 0.3 is 0 Å². The van der Waals surface area contributed by atoms with Gasteiger partial charge < -0.3 is 9.88 Å². The van der Waals surface area contributed by atoms with Gasteiger partial charge in [0.2, 0.25) is 0 Å². The summed E-state index contributed by atoms with van der Waals surface area (Å²) in [5, 5.41) is 3.51. The summed E-state index contributed by atoms with van der Waals surface area (Å²) in [5.74, 6) is 0. The van der Waals surface area contributed by atoms with Gasteiger partial charge in [0.25, 0.3) is 0 Å². The van der Waals surface area contributed by atoms with Gasteiger partial charge in [-0.2, -0.15) is 0 Å². The summed E-state index contributed by atoms with van der Waals surface area (Å²) >= 11 is 0. The minimum Gasteiger partial charge on any atom is -0.309 e. The molecule has 2 heterocycles. The van der Waals surface area contributed by atoms with Gasteiger partial charge in [0.05, 0.1) is 23.9 Å². The summed E-state index contributed by atoms with van der Waals surface area (Å²) in [6, 6.07) is 4.52. The first-order chi connectivity index (χ1) is 8.85. The summed E-state index contributed by atoms with van der Waals surface area (Å²) in [5.41, 5.74) is 2.15. The van der Waals surface area contributed by atoms with E-state index in [9.17, 15) is 0 Å². The number of aromatic nitrogens is 3. The second kappa shape index (κ2) is 6.31. The molecule has 0 fully saturated rings. The molecule has 2 aromatic rings. The molecule has 0 spiro atoms. The topological polar surface area (TPSA) is 42.7 Å². The Morgan fingerprint density at radius 1 is 1.33 bits per heavy atom. The van der Waals surface area contributed by atoms with Crippen molar-refractivity contribution in [1.29, 1.82) is 0 Å². The highest BCUT2D eigenvalue weighted by molar-refractivity contribution is 5.30. The molecule has 96 valence electrons. The molecule has 0 aliphatic carbocycles. The van der Waals surface area contributed by atoms with E-state index >= 15 is 0 Å². The summed E-state index contributed by atoms with van der Waals surface area (Å²) in [7, 11) is 0. The van der Waals surface area contributed by atoms with Gasteiger partial charge in [0, 0.05) is 18.4 Å². The fourth-order valence-electron chi connectivity index (χ4n) is 1.94. The van der Waals surface area contributed by atoms with Gasteiger partial charge in [-0.1, -0.05) is 13.8 Å². The molecule has 1 N–H and O–H groups in total. The van der Waals surface area contributed by atoms with Crippen LogP contribution in [0.25, 0.3) is 5.69 Å². The van der Waals surface area contributed by atoms with E-state index in [1.807, 2.05) is 17.0 Å². The molecule has 2 rings (SSSR count). The number of imidazole rings is 1. The van der Waals surface area contributed by atoms with Crippen LogP contribution in [0.15, 0.2) is 37.1 Å². The number of pyridine rings is 1. The lowest BCUT2D eigenvalue weighted by atomic mass is 10.1. The standard InChI is InChI=1S/C14H20N4/c1-3-7-16-13(4-2)14-6-5-12(10-17-14)18-9-8-15-11-18/h5-6,8-11,13,16H,3-4,7H2,1-2H3. The largest absolute Gasteiger partial charge is 0.309 e. The van der Waals surface area contributed by atoms with Crippen LogP contribution < -0.4 is 5.32 Å². The van der Waals surface area contributed by atoms with Crippen LogP contribution in [0, 0.1) is 0 Å². The van der Waals surface area contributed by atoms with Crippen molar-refractivity contribution in [3.8, 4) is 5.69 Å². The molecule has 0 bridgehead atoms. The third-order valence-electron chi connectivity index (χ3n) is 2.98. The molecule has 0 radical (unpaired) electrons. The Kier molecular flexibility index (Phi) is 4.47. The average Bonchev–Trinajstić information content (AvgIpc) is 2.94. The molecule has 4 nitrogen and oxygen atoms in total. The van der Waals surface area contributed by atoms with Crippen molar-refractivity contribution < 1.29 is 0 Å². The Balaban J connectivity index is 2.11. The Bertz CT molecular complexity index is 447. The highest BCUT2D eigenvalue weighted by Gasteiger charge is 2.09. The first kappa shape index (κ1) is 12.8. The van der Waals surface area contributed by atoms with E-state index in [1.165, 1.54) is 0 Å². The van der Waals surface area contributed by atoms with Crippen molar-refractivity contribution in [2.24, 2.45) is 0 Å². The summed E-state index contributed by atoms with van der Waals surface area (Å²) in [6.07, 6.45) is 9.56. The van der Waals surface area contributed by atoms with Gasteiger partial charge in [-0.25, -0.2) is 4.98 Å². The lowest BCUT2D eigenvalue weighted by Gasteiger charge is -2.16. The van der Waals surface area contributed by atoms with Crippen LogP contribution in [0.2, 0.25) is 0 Å². The predicted molar refractivity (Wildman–Crippen MR) is 72.7 cm³/mol. The highest BCUT2D eigenvalue weighted by Crippen LogP contribution is 2.15. The molecule has 0 amide bonds. The van der Waals surface area contributed by atoms with E-state index in [0.717, 1.165) is 30.8 Å². The van der Waals surface area contributed by atoms with Crippen molar-refractivity contribution >= 4 is 0 Å². The molecule has 4 heteroatoms. The molecule has 0 saturated carbocycles. The van der Waals surface area contributed by atoms with Crippen molar-refractivity contribution in [2.75, 3.05) is 6.54 Å². The van der Waals surface area contributed by atoms with Gasteiger partial charge in [0.15, 0.2) is 0 Å². The lowest BCUT2D eigenvalue weighted by Crippen LogP contribution is -2.22. The maximum atomic E-state index is 4.55. The molecule has 1 atom stereocenters. The third-order valence-corrected chi connectivity index (χ3v) is 2.98. The molecule has 0 saturated heterocycles. The van der Waals surface area contributed by atoms with Crippen LogP contribution in [-0.4, -0.2) is 21.1 Å². The maximum absolute atomic E-state index is 4.55. The third kappa shape index (κ3) is 2.96. The lowest BCUT2D eigenvalue weighted by molar-refractivity contribution is 0.507. The molecule has 0 aliphatic rings. The minimum atomic E-state index is 0.349. The van der Waals surface area contributed by atoms with E-state index in [1.54, 1.807) is 12.5 Å². The van der Waals surface area contributed by atoms with Crippen LogP contribution >= 0.6 is 0 Å². The molecule has 2 aromatic heterocycles. The average molecular weight is 244 g/mol. The van der Waals surface area contributed by atoms with Crippen LogP contribution in [0.1, 0.15) is 38.4 Å². The van der Waals surface area contributed by atoms with Crippen LogP contribution in [0.5, 0.6) is 0 Å². The predicted octanol–water partition coefficient (Wildman–Crippen LogP) is 2.72. The zero-order chi connectivity index (χ0) is 12.8. The van der Waals surface area contributed by atoms with Crippen LogP contribution in [0.3, 0.4) is 0 Å². The monoisotopic (exact) mass is 244 g/mol. The molecule has 1 unspecified atom stereocenters. The Morgan fingerprint density at radius 2 is 2.22 bits per heavy atom. The number of nitrogens with one attached hydrogen (secondary N) is 1. The highest BCUT2D eigenvalue weighted by atomic mass is 15.0. The second-order valence-corrected chi connectivity index (χ2v) is 4.33. The number of nitrogens with zero attached hydrogens (tertiary/aromatic N) is 3. The zero-order valence-corrected chi connectivity index (χ0v) is 11.0. The fraction of sp³-hybridized carbons (Fsp3) is 0.429. The molecular weight excluding hydrogens is 224 g/mol.